The van der Waals surface area contributed by atoms with Crippen LogP contribution in [0.15, 0.2) is 24.4 Å². The molecule has 0 atom stereocenters. The lowest BCUT2D eigenvalue weighted by Gasteiger charge is -2.03. The van der Waals surface area contributed by atoms with Crippen LogP contribution in [0.3, 0.4) is 0 Å². The van der Waals surface area contributed by atoms with Crippen LogP contribution < -0.4 is 0 Å². The van der Waals surface area contributed by atoms with Crippen LogP contribution in [0.5, 0.6) is 0 Å². The van der Waals surface area contributed by atoms with Gasteiger partial charge in [0.2, 0.25) is 0 Å². The Kier molecular flexibility index (Phi) is 2.64. The summed E-state index contributed by atoms with van der Waals surface area (Å²) in [6, 6.07) is 3.48. The standard InChI is InChI=1S/C9H6ClF2N3/c10-4-7-5-13-14-15(7)6-1-2-8(11)9(12)3-6/h1-3,5H,4H2. The number of alkyl halides is 1. The minimum atomic E-state index is -0.927. The number of hydrogen-bond donors (Lipinski definition) is 0. The number of benzene rings is 1. The van der Waals surface area contributed by atoms with Crippen molar-refractivity contribution >= 4 is 11.6 Å². The van der Waals surface area contributed by atoms with Crippen LogP contribution in [0.2, 0.25) is 0 Å². The van der Waals surface area contributed by atoms with E-state index in [1.165, 1.54) is 16.9 Å². The van der Waals surface area contributed by atoms with Crippen LogP contribution in [0, 0.1) is 11.6 Å². The van der Waals surface area contributed by atoms with Gasteiger partial charge in [0.25, 0.3) is 0 Å². The number of hydrogen-bond acceptors (Lipinski definition) is 2. The highest BCUT2D eigenvalue weighted by Gasteiger charge is 2.08. The van der Waals surface area contributed by atoms with Crippen molar-refractivity contribution in [3.05, 3.63) is 41.7 Å². The Morgan fingerprint density at radius 2 is 2.07 bits per heavy atom. The molecule has 0 saturated heterocycles. The highest BCUT2D eigenvalue weighted by Crippen LogP contribution is 2.14. The minimum absolute atomic E-state index is 0.200. The first kappa shape index (κ1) is 10.0. The molecule has 0 N–H and O–H groups in total. The number of halogens is 3. The second kappa shape index (κ2) is 3.94. The fraction of sp³-hybridized carbons (Fsp3) is 0.111. The van der Waals surface area contributed by atoms with Crippen molar-refractivity contribution in [3.8, 4) is 5.69 Å². The van der Waals surface area contributed by atoms with E-state index in [2.05, 4.69) is 10.3 Å². The Hall–Kier alpha value is -1.49. The molecule has 0 bridgehead atoms. The lowest BCUT2D eigenvalue weighted by Crippen LogP contribution is -2.01. The second-order valence-electron chi connectivity index (χ2n) is 2.87. The number of aromatic nitrogens is 3. The molecule has 1 aromatic carbocycles. The molecule has 0 aliphatic carbocycles. The van der Waals surface area contributed by atoms with Crippen LogP contribution in [0.1, 0.15) is 5.69 Å². The molecule has 0 unspecified atom stereocenters. The summed E-state index contributed by atoms with van der Waals surface area (Å²) in [7, 11) is 0. The van der Waals surface area contributed by atoms with E-state index in [0.717, 1.165) is 12.1 Å². The SMILES string of the molecule is Fc1ccc(-n2nncc2CCl)cc1F. The zero-order chi connectivity index (χ0) is 10.8. The van der Waals surface area contributed by atoms with Crippen molar-refractivity contribution in [3.63, 3.8) is 0 Å². The van der Waals surface area contributed by atoms with E-state index in [1.54, 1.807) is 0 Å². The van der Waals surface area contributed by atoms with Gasteiger partial charge in [0, 0.05) is 6.07 Å². The fourth-order valence-electron chi connectivity index (χ4n) is 1.18. The molecule has 1 aromatic heterocycles. The van der Waals surface area contributed by atoms with E-state index in [9.17, 15) is 8.78 Å². The third-order valence-corrected chi connectivity index (χ3v) is 2.18. The average Bonchev–Trinajstić information content (AvgIpc) is 2.70. The quantitative estimate of drug-likeness (QED) is 0.740. The molecule has 3 nitrogen and oxygen atoms in total. The topological polar surface area (TPSA) is 30.7 Å². The Balaban J connectivity index is 2.50. The highest BCUT2D eigenvalue weighted by atomic mass is 35.5. The van der Waals surface area contributed by atoms with Crippen LogP contribution in [-0.2, 0) is 5.88 Å². The second-order valence-corrected chi connectivity index (χ2v) is 3.14. The largest absolute Gasteiger partial charge is 0.216 e. The molecule has 0 amide bonds. The Morgan fingerprint density at radius 3 is 2.73 bits per heavy atom. The molecule has 0 aliphatic rings. The van der Waals surface area contributed by atoms with Gasteiger partial charge < -0.3 is 0 Å². The Labute approximate surface area is 89.3 Å². The molecule has 78 valence electrons. The highest BCUT2D eigenvalue weighted by molar-refractivity contribution is 6.16. The van der Waals surface area contributed by atoms with E-state index in [4.69, 9.17) is 11.6 Å². The molecule has 2 aromatic rings. The lowest BCUT2D eigenvalue weighted by molar-refractivity contribution is 0.507. The lowest BCUT2D eigenvalue weighted by atomic mass is 10.3. The molecule has 15 heavy (non-hydrogen) atoms. The van der Waals surface area contributed by atoms with Crippen LogP contribution in [-0.4, -0.2) is 15.0 Å². The summed E-state index contributed by atoms with van der Waals surface area (Å²) in [5, 5.41) is 7.35. The zero-order valence-electron chi connectivity index (χ0n) is 7.49. The molecule has 0 fully saturated rings. The molecule has 2 rings (SSSR count). The van der Waals surface area contributed by atoms with Crippen molar-refractivity contribution in [2.75, 3.05) is 0 Å². The summed E-state index contributed by atoms with van der Waals surface area (Å²) in [6.07, 6.45) is 1.47. The normalized spacial score (nSPS) is 10.6. The predicted octanol–water partition coefficient (Wildman–Crippen LogP) is 2.28. The average molecular weight is 230 g/mol. The Bertz CT molecular complexity index is 484. The maximum atomic E-state index is 12.9. The third-order valence-electron chi connectivity index (χ3n) is 1.90. The summed E-state index contributed by atoms with van der Waals surface area (Å²) < 4.78 is 27.0. The first-order chi connectivity index (χ1) is 7.22. The van der Waals surface area contributed by atoms with Crippen molar-refractivity contribution in [1.29, 1.82) is 0 Å². The fourth-order valence-corrected chi connectivity index (χ4v) is 1.36. The van der Waals surface area contributed by atoms with Gasteiger partial charge in [0.15, 0.2) is 11.6 Å². The van der Waals surface area contributed by atoms with E-state index in [-0.39, 0.29) is 5.88 Å². The molecule has 0 spiro atoms. The van der Waals surface area contributed by atoms with Gasteiger partial charge in [-0.05, 0) is 12.1 Å². The van der Waals surface area contributed by atoms with Crippen molar-refractivity contribution in [2.45, 2.75) is 5.88 Å². The van der Waals surface area contributed by atoms with Crippen LogP contribution in [0.4, 0.5) is 8.78 Å². The molecule has 6 heteroatoms. The molecule has 0 saturated carbocycles. The number of nitrogens with zero attached hydrogens (tertiary/aromatic N) is 3. The summed E-state index contributed by atoms with van der Waals surface area (Å²) in [5.41, 5.74) is 1.00. The summed E-state index contributed by atoms with van der Waals surface area (Å²) in [4.78, 5) is 0. The van der Waals surface area contributed by atoms with E-state index >= 15 is 0 Å². The van der Waals surface area contributed by atoms with Gasteiger partial charge in [0.05, 0.1) is 23.5 Å². The molecule has 0 radical (unpaired) electrons. The van der Waals surface area contributed by atoms with Gasteiger partial charge >= 0.3 is 0 Å². The minimum Gasteiger partial charge on any atom is -0.216 e. The smallest absolute Gasteiger partial charge is 0.160 e. The Morgan fingerprint density at radius 1 is 1.27 bits per heavy atom. The maximum absolute atomic E-state index is 12.9. The summed E-state index contributed by atoms with van der Waals surface area (Å²) in [6.45, 7) is 0. The van der Waals surface area contributed by atoms with Crippen molar-refractivity contribution in [2.24, 2.45) is 0 Å². The first-order valence-corrected chi connectivity index (χ1v) is 4.67. The summed E-state index contributed by atoms with van der Waals surface area (Å²) >= 11 is 5.63. The number of rotatable bonds is 2. The third kappa shape index (κ3) is 1.83. The first-order valence-electron chi connectivity index (χ1n) is 4.13. The van der Waals surface area contributed by atoms with Gasteiger partial charge in [-0.3, -0.25) is 0 Å². The summed E-state index contributed by atoms with van der Waals surface area (Å²) in [5.74, 6) is -1.62. The van der Waals surface area contributed by atoms with E-state index in [1.807, 2.05) is 0 Å². The van der Waals surface area contributed by atoms with Crippen molar-refractivity contribution in [1.82, 2.24) is 15.0 Å². The molecule has 1 heterocycles. The predicted molar refractivity (Wildman–Crippen MR) is 50.8 cm³/mol. The van der Waals surface area contributed by atoms with E-state index in [0.29, 0.717) is 11.4 Å². The zero-order valence-corrected chi connectivity index (χ0v) is 8.25. The molecule has 0 aliphatic heterocycles. The molecular formula is C9H6ClF2N3. The van der Waals surface area contributed by atoms with Crippen LogP contribution >= 0.6 is 11.6 Å². The van der Waals surface area contributed by atoms with E-state index < -0.39 is 11.6 Å². The monoisotopic (exact) mass is 229 g/mol. The van der Waals surface area contributed by atoms with Gasteiger partial charge in [-0.2, -0.15) is 0 Å². The van der Waals surface area contributed by atoms with Crippen molar-refractivity contribution < 1.29 is 8.78 Å². The maximum Gasteiger partial charge on any atom is 0.160 e. The molecular weight excluding hydrogens is 224 g/mol. The van der Waals surface area contributed by atoms with Gasteiger partial charge in [-0.15, -0.1) is 16.7 Å². The van der Waals surface area contributed by atoms with Crippen LogP contribution in [0.25, 0.3) is 5.69 Å². The van der Waals surface area contributed by atoms with Gasteiger partial charge in [-0.1, -0.05) is 5.21 Å². The van der Waals surface area contributed by atoms with Gasteiger partial charge in [0.1, 0.15) is 0 Å². The van der Waals surface area contributed by atoms with Gasteiger partial charge in [-0.25, -0.2) is 13.5 Å².